The molecule has 0 aliphatic carbocycles. The summed E-state index contributed by atoms with van der Waals surface area (Å²) >= 11 is 0. The molecule has 0 aromatic heterocycles. The second kappa shape index (κ2) is 9.25. The van der Waals surface area contributed by atoms with Gasteiger partial charge < -0.3 is 19.9 Å². The minimum Gasteiger partial charge on any atom is -0.493 e. The fourth-order valence-electron chi connectivity index (χ4n) is 3.17. The Kier molecular flexibility index (Phi) is 7.04. The summed E-state index contributed by atoms with van der Waals surface area (Å²) in [5, 5.41) is 0. The highest BCUT2D eigenvalue weighted by Crippen LogP contribution is 2.37. The van der Waals surface area contributed by atoms with Gasteiger partial charge in [-0.05, 0) is 36.6 Å². The number of benzene rings is 2. The Hall–Kier alpha value is -2.53. The predicted molar refractivity (Wildman–Crippen MR) is 102 cm³/mol. The second-order valence-electron chi connectivity index (χ2n) is 6.20. The lowest BCUT2D eigenvalue weighted by molar-refractivity contribution is -0.144. The molecule has 0 saturated heterocycles. The number of carbonyl (C=O) groups excluding carboxylic acids is 1. The Morgan fingerprint density at radius 2 is 1.73 bits per heavy atom. The van der Waals surface area contributed by atoms with Crippen LogP contribution in [-0.2, 0) is 21.4 Å². The van der Waals surface area contributed by atoms with Gasteiger partial charge in [0.25, 0.3) is 0 Å². The zero-order valence-electron chi connectivity index (χ0n) is 15.7. The minimum atomic E-state index is -0.590. The SMILES string of the molecule is CCOC(=O)CC(CN)(Cc1ccccc1)c1ccc(OC)c(OC)c1. The van der Waals surface area contributed by atoms with Crippen molar-refractivity contribution >= 4 is 5.97 Å². The number of carbonyl (C=O) groups is 1. The molecule has 2 aromatic carbocycles. The maximum absolute atomic E-state index is 12.3. The first-order chi connectivity index (χ1) is 12.6. The molecule has 0 radical (unpaired) electrons. The molecule has 0 spiro atoms. The van der Waals surface area contributed by atoms with E-state index >= 15 is 0 Å². The van der Waals surface area contributed by atoms with Gasteiger partial charge in [0, 0.05) is 12.0 Å². The number of methoxy groups -OCH3 is 2. The lowest BCUT2D eigenvalue weighted by atomic mass is 9.73. The summed E-state index contributed by atoms with van der Waals surface area (Å²) in [6.07, 6.45) is 0.820. The van der Waals surface area contributed by atoms with Gasteiger partial charge in [0.1, 0.15) is 0 Å². The molecular formula is C21H27NO4. The van der Waals surface area contributed by atoms with Crippen molar-refractivity contribution in [3.05, 3.63) is 59.7 Å². The molecule has 0 bridgehead atoms. The third-order valence-electron chi connectivity index (χ3n) is 4.56. The number of rotatable bonds is 9. The van der Waals surface area contributed by atoms with Crippen molar-refractivity contribution in [2.75, 3.05) is 27.4 Å². The van der Waals surface area contributed by atoms with E-state index in [1.54, 1.807) is 21.1 Å². The van der Waals surface area contributed by atoms with E-state index in [-0.39, 0.29) is 12.4 Å². The Morgan fingerprint density at radius 1 is 1.04 bits per heavy atom. The topological polar surface area (TPSA) is 70.8 Å². The predicted octanol–water partition coefficient (Wildman–Crippen LogP) is 3.10. The Bertz CT molecular complexity index is 717. The van der Waals surface area contributed by atoms with Gasteiger partial charge in [-0.25, -0.2) is 0 Å². The summed E-state index contributed by atoms with van der Waals surface area (Å²) < 4.78 is 16.0. The molecule has 0 aliphatic rings. The third kappa shape index (κ3) is 4.55. The summed E-state index contributed by atoms with van der Waals surface area (Å²) in [5.74, 6) is 0.987. The van der Waals surface area contributed by atoms with E-state index in [2.05, 4.69) is 0 Å². The lowest BCUT2D eigenvalue weighted by Crippen LogP contribution is -2.40. The Balaban J connectivity index is 2.49. The third-order valence-corrected chi connectivity index (χ3v) is 4.56. The number of esters is 1. The zero-order valence-corrected chi connectivity index (χ0v) is 15.7. The van der Waals surface area contributed by atoms with Crippen LogP contribution in [0, 0.1) is 0 Å². The van der Waals surface area contributed by atoms with E-state index in [1.807, 2.05) is 48.5 Å². The van der Waals surface area contributed by atoms with Crippen molar-refractivity contribution in [1.29, 1.82) is 0 Å². The van der Waals surface area contributed by atoms with Crippen LogP contribution in [-0.4, -0.2) is 33.3 Å². The first-order valence-electron chi connectivity index (χ1n) is 8.70. The fraction of sp³-hybridized carbons (Fsp3) is 0.381. The average molecular weight is 357 g/mol. The van der Waals surface area contributed by atoms with Gasteiger partial charge in [0.05, 0.1) is 27.2 Å². The van der Waals surface area contributed by atoms with E-state index in [0.29, 0.717) is 31.1 Å². The molecule has 0 fully saturated rings. The van der Waals surface area contributed by atoms with Gasteiger partial charge in [0.15, 0.2) is 11.5 Å². The van der Waals surface area contributed by atoms with Crippen molar-refractivity contribution in [2.24, 2.45) is 5.73 Å². The van der Waals surface area contributed by atoms with E-state index in [0.717, 1.165) is 11.1 Å². The van der Waals surface area contributed by atoms with E-state index < -0.39 is 5.41 Å². The minimum absolute atomic E-state index is 0.196. The van der Waals surface area contributed by atoms with Crippen molar-refractivity contribution in [2.45, 2.75) is 25.2 Å². The molecule has 5 nitrogen and oxygen atoms in total. The van der Waals surface area contributed by atoms with Crippen LogP contribution in [0.4, 0.5) is 0 Å². The van der Waals surface area contributed by atoms with Gasteiger partial charge >= 0.3 is 5.97 Å². The van der Waals surface area contributed by atoms with Gasteiger partial charge in [0.2, 0.25) is 0 Å². The standard InChI is InChI=1S/C21H27NO4/c1-4-26-20(23)14-21(15-22,13-16-8-6-5-7-9-16)17-10-11-18(24-2)19(12-17)25-3/h5-12H,4,13-15,22H2,1-3H3. The van der Waals surface area contributed by atoms with Crippen molar-refractivity contribution in [3.8, 4) is 11.5 Å². The molecule has 2 N–H and O–H groups in total. The summed E-state index contributed by atoms with van der Waals surface area (Å²) in [6.45, 7) is 2.45. The van der Waals surface area contributed by atoms with Gasteiger partial charge in [-0.2, -0.15) is 0 Å². The van der Waals surface area contributed by atoms with Crippen LogP contribution in [0.1, 0.15) is 24.5 Å². The van der Waals surface area contributed by atoms with Crippen molar-refractivity contribution in [1.82, 2.24) is 0 Å². The van der Waals surface area contributed by atoms with E-state index in [9.17, 15) is 4.79 Å². The normalized spacial score (nSPS) is 12.9. The molecule has 0 amide bonds. The number of ether oxygens (including phenoxy) is 3. The highest BCUT2D eigenvalue weighted by Gasteiger charge is 2.35. The van der Waals surface area contributed by atoms with Gasteiger partial charge in [-0.15, -0.1) is 0 Å². The second-order valence-corrected chi connectivity index (χ2v) is 6.20. The maximum atomic E-state index is 12.3. The van der Waals surface area contributed by atoms with Crippen LogP contribution < -0.4 is 15.2 Å². The zero-order chi connectivity index (χ0) is 19.0. The van der Waals surface area contributed by atoms with Crippen LogP contribution in [0.3, 0.4) is 0 Å². The summed E-state index contributed by atoms with van der Waals surface area (Å²) in [6, 6.07) is 15.7. The first kappa shape index (κ1) is 19.8. The van der Waals surface area contributed by atoms with Gasteiger partial charge in [-0.3, -0.25) is 4.79 Å². The summed E-state index contributed by atoms with van der Waals surface area (Å²) in [4.78, 5) is 12.3. The van der Waals surface area contributed by atoms with Crippen LogP contribution in [0.25, 0.3) is 0 Å². The molecule has 0 aliphatic heterocycles. The fourth-order valence-corrected chi connectivity index (χ4v) is 3.17. The van der Waals surface area contributed by atoms with Gasteiger partial charge in [-0.1, -0.05) is 36.4 Å². The molecule has 1 atom stereocenters. The van der Waals surface area contributed by atoms with E-state index in [4.69, 9.17) is 19.9 Å². The van der Waals surface area contributed by atoms with Crippen LogP contribution in [0.5, 0.6) is 11.5 Å². The molecular weight excluding hydrogens is 330 g/mol. The molecule has 5 heteroatoms. The average Bonchev–Trinajstić information content (AvgIpc) is 2.67. The molecule has 1 unspecified atom stereocenters. The molecule has 0 saturated carbocycles. The highest BCUT2D eigenvalue weighted by molar-refractivity contribution is 5.72. The van der Waals surface area contributed by atoms with Crippen LogP contribution in [0.15, 0.2) is 48.5 Å². The number of hydrogen-bond donors (Lipinski definition) is 1. The summed E-state index contributed by atoms with van der Waals surface area (Å²) in [5.41, 5.74) is 7.66. The lowest BCUT2D eigenvalue weighted by Gasteiger charge is -2.33. The Labute approximate surface area is 155 Å². The van der Waals surface area contributed by atoms with Crippen molar-refractivity contribution in [3.63, 3.8) is 0 Å². The largest absolute Gasteiger partial charge is 0.493 e. The Morgan fingerprint density at radius 3 is 2.31 bits per heavy atom. The monoisotopic (exact) mass is 357 g/mol. The molecule has 0 heterocycles. The summed E-state index contributed by atoms with van der Waals surface area (Å²) in [7, 11) is 3.19. The number of nitrogens with two attached hydrogens (primary N) is 1. The maximum Gasteiger partial charge on any atom is 0.306 e. The molecule has 2 aromatic rings. The van der Waals surface area contributed by atoms with Crippen LogP contribution >= 0.6 is 0 Å². The van der Waals surface area contributed by atoms with E-state index in [1.165, 1.54) is 0 Å². The highest BCUT2D eigenvalue weighted by atomic mass is 16.5. The quantitative estimate of drug-likeness (QED) is 0.698. The first-order valence-corrected chi connectivity index (χ1v) is 8.70. The smallest absolute Gasteiger partial charge is 0.306 e. The molecule has 26 heavy (non-hydrogen) atoms. The van der Waals surface area contributed by atoms with Crippen molar-refractivity contribution < 1.29 is 19.0 Å². The molecule has 140 valence electrons. The molecule has 2 rings (SSSR count). The van der Waals surface area contributed by atoms with Crippen LogP contribution in [0.2, 0.25) is 0 Å². The number of hydrogen-bond acceptors (Lipinski definition) is 5.